The fourth-order valence-electron chi connectivity index (χ4n) is 0.446. The molecule has 0 aliphatic rings. The van der Waals surface area contributed by atoms with Crippen molar-refractivity contribution >= 4 is 8.32 Å². The first-order valence-corrected chi connectivity index (χ1v) is 7.08. The van der Waals surface area contributed by atoms with Gasteiger partial charge < -0.3 is 9.16 Å². The summed E-state index contributed by atoms with van der Waals surface area (Å²) in [5.74, 6) is 0. The smallest absolute Gasteiger partial charge is 0.196 e. The first-order chi connectivity index (χ1) is 5.31. The molecule has 0 aliphatic heterocycles. The fourth-order valence-corrected chi connectivity index (χ4v) is 1.24. The van der Waals surface area contributed by atoms with Crippen molar-refractivity contribution in [2.45, 2.75) is 38.9 Å². The molecule has 0 heterocycles. The van der Waals surface area contributed by atoms with Crippen molar-refractivity contribution in [3.63, 3.8) is 0 Å². The molecule has 0 aromatic heterocycles. The van der Waals surface area contributed by atoms with Crippen LogP contribution in [0.4, 0.5) is 0 Å². The van der Waals surface area contributed by atoms with Crippen LogP contribution in [0.1, 0.15) is 20.8 Å². The zero-order valence-electron chi connectivity index (χ0n) is 8.81. The Balaban J connectivity index is 3.95. The highest BCUT2D eigenvalue weighted by atomic mass is 28.4. The summed E-state index contributed by atoms with van der Waals surface area (Å²) >= 11 is 0. The molecule has 0 aromatic rings. The summed E-state index contributed by atoms with van der Waals surface area (Å²) in [5.41, 5.74) is 0. The molecule has 72 valence electrons. The SMILES string of the molecule is C=COCO[Si](C)(C)C(C)(C)C. The second kappa shape index (κ2) is 4.10. The van der Waals surface area contributed by atoms with Gasteiger partial charge in [0.2, 0.25) is 0 Å². The summed E-state index contributed by atoms with van der Waals surface area (Å²) in [4.78, 5) is 0. The van der Waals surface area contributed by atoms with Gasteiger partial charge in [0.15, 0.2) is 15.1 Å². The van der Waals surface area contributed by atoms with Crippen LogP contribution in [0.5, 0.6) is 0 Å². The molecular weight excluding hydrogens is 168 g/mol. The molecule has 0 spiro atoms. The quantitative estimate of drug-likeness (QED) is 0.292. The number of ether oxygens (including phenoxy) is 1. The molecule has 12 heavy (non-hydrogen) atoms. The first kappa shape index (κ1) is 11.7. The summed E-state index contributed by atoms with van der Waals surface area (Å²) in [7, 11) is -1.61. The maximum Gasteiger partial charge on any atom is 0.196 e. The maximum atomic E-state index is 5.68. The Bertz CT molecular complexity index is 147. The highest BCUT2D eigenvalue weighted by molar-refractivity contribution is 6.74. The Morgan fingerprint density at radius 1 is 1.33 bits per heavy atom. The topological polar surface area (TPSA) is 18.5 Å². The number of hydrogen-bond donors (Lipinski definition) is 0. The van der Waals surface area contributed by atoms with Gasteiger partial charge in [0.05, 0.1) is 6.26 Å². The summed E-state index contributed by atoms with van der Waals surface area (Å²) in [6.45, 7) is 14.8. The maximum absolute atomic E-state index is 5.68. The lowest BCUT2D eigenvalue weighted by Crippen LogP contribution is -2.41. The van der Waals surface area contributed by atoms with Crippen LogP contribution in [0.25, 0.3) is 0 Å². The second-order valence-electron chi connectivity index (χ2n) is 4.36. The van der Waals surface area contributed by atoms with E-state index in [-0.39, 0.29) is 5.04 Å². The molecule has 0 bridgehead atoms. The molecule has 0 unspecified atom stereocenters. The van der Waals surface area contributed by atoms with Gasteiger partial charge in [-0.15, -0.1) is 0 Å². The molecule has 0 aliphatic carbocycles. The van der Waals surface area contributed by atoms with Crippen molar-refractivity contribution in [1.29, 1.82) is 0 Å². The van der Waals surface area contributed by atoms with E-state index in [4.69, 9.17) is 9.16 Å². The standard InChI is InChI=1S/C9H20O2Si/c1-7-10-8-11-12(5,6)9(2,3)4/h7H,1,8H2,2-6H3. The lowest BCUT2D eigenvalue weighted by molar-refractivity contribution is 0.0691. The predicted molar refractivity (Wildman–Crippen MR) is 54.4 cm³/mol. The third-order valence-electron chi connectivity index (χ3n) is 2.41. The van der Waals surface area contributed by atoms with Crippen molar-refractivity contribution in [3.05, 3.63) is 12.8 Å². The van der Waals surface area contributed by atoms with Crippen molar-refractivity contribution in [1.82, 2.24) is 0 Å². The van der Waals surface area contributed by atoms with Crippen LogP contribution < -0.4 is 0 Å². The average Bonchev–Trinajstić information content (AvgIpc) is 1.85. The Labute approximate surface area is 76.7 Å². The fraction of sp³-hybridized carbons (Fsp3) is 0.778. The van der Waals surface area contributed by atoms with Gasteiger partial charge >= 0.3 is 0 Å². The van der Waals surface area contributed by atoms with Gasteiger partial charge in [0.1, 0.15) is 0 Å². The van der Waals surface area contributed by atoms with Crippen molar-refractivity contribution in [2.24, 2.45) is 0 Å². The van der Waals surface area contributed by atoms with E-state index in [0.717, 1.165) is 0 Å². The zero-order valence-corrected chi connectivity index (χ0v) is 9.81. The van der Waals surface area contributed by atoms with Crippen LogP contribution in [0, 0.1) is 0 Å². The van der Waals surface area contributed by atoms with Crippen LogP contribution in [0.3, 0.4) is 0 Å². The van der Waals surface area contributed by atoms with Crippen LogP contribution in [0.2, 0.25) is 18.1 Å². The van der Waals surface area contributed by atoms with E-state index in [1.54, 1.807) is 0 Å². The lowest BCUT2D eigenvalue weighted by atomic mass is 10.2. The average molecular weight is 188 g/mol. The van der Waals surface area contributed by atoms with Gasteiger partial charge in [-0.3, -0.25) is 0 Å². The van der Waals surface area contributed by atoms with E-state index in [2.05, 4.69) is 40.4 Å². The third kappa shape index (κ3) is 3.41. The second-order valence-corrected chi connectivity index (χ2v) is 9.17. The molecule has 0 saturated heterocycles. The third-order valence-corrected chi connectivity index (χ3v) is 6.86. The molecule has 0 fully saturated rings. The number of rotatable bonds is 4. The largest absolute Gasteiger partial charge is 0.477 e. The molecule has 0 radical (unpaired) electrons. The Hall–Kier alpha value is -0.283. The predicted octanol–water partition coefficient (Wildman–Crippen LogP) is 3.13. The molecular formula is C9H20O2Si. The Morgan fingerprint density at radius 3 is 2.17 bits per heavy atom. The highest BCUT2D eigenvalue weighted by Gasteiger charge is 2.37. The lowest BCUT2D eigenvalue weighted by Gasteiger charge is -2.35. The van der Waals surface area contributed by atoms with E-state index in [1.807, 2.05) is 0 Å². The molecule has 0 rings (SSSR count). The Morgan fingerprint density at radius 2 is 1.83 bits per heavy atom. The van der Waals surface area contributed by atoms with Gasteiger partial charge in [0.25, 0.3) is 0 Å². The molecule has 0 aromatic carbocycles. The van der Waals surface area contributed by atoms with E-state index in [1.165, 1.54) is 6.26 Å². The van der Waals surface area contributed by atoms with Crippen LogP contribution in [0.15, 0.2) is 12.8 Å². The van der Waals surface area contributed by atoms with Crippen LogP contribution in [-0.4, -0.2) is 15.1 Å². The highest BCUT2D eigenvalue weighted by Crippen LogP contribution is 2.36. The van der Waals surface area contributed by atoms with Crippen molar-refractivity contribution in [2.75, 3.05) is 6.79 Å². The molecule has 0 saturated carbocycles. The molecule has 0 atom stereocenters. The Kier molecular flexibility index (Phi) is 4.00. The monoisotopic (exact) mass is 188 g/mol. The van der Waals surface area contributed by atoms with Crippen LogP contribution >= 0.6 is 0 Å². The summed E-state index contributed by atoms with van der Waals surface area (Å²) in [6.07, 6.45) is 1.41. The molecule has 0 amide bonds. The molecule has 3 heteroatoms. The molecule has 2 nitrogen and oxygen atoms in total. The van der Waals surface area contributed by atoms with Gasteiger partial charge in [-0.05, 0) is 18.1 Å². The minimum Gasteiger partial charge on any atom is -0.477 e. The minimum absolute atomic E-state index is 0.248. The van der Waals surface area contributed by atoms with Gasteiger partial charge in [-0.25, -0.2) is 0 Å². The van der Waals surface area contributed by atoms with Crippen LogP contribution in [-0.2, 0) is 9.16 Å². The van der Waals surface area contributed by atoms with E-state index in [9.17, 15) is 0 Å². The minimum atomic E-state index is -1.61. The molecule has 0 N–H and O–H groups in total. The zero-order chi connectivity index (χ0) is 9.83. The first-order valence-electron chi connectivity index (χ1n) is 4.18. The summed E-state index contributed by atoms with van der Waals surface area (Å²) in [5, 5.41) is 0.248. The van der Waals surface area contributed by atoms with E-state index >= 15 is 0 Å². The van der Waals surface area contributed by atoms with Gasteiger partial charge in [-0.2, -0.15) is 0 Å². The van der Waals surface area contributed by atoms with E-state index in [0.29, 0.717) is 6.79 Å². The summed E-state index contributed by atoms with van der Waals surface area (Å²) < 4.78 is 10.6. The number of hydrogen-bond acceptors (Lipinski definition) is 2. The van der Waals surface area contributed by atoms with E-state index < -0.39 is 8.32 Å². The normalized spacial score (nSPS) is 12.8. The van der Waals surface area contributed by atoms with Gasteiger partial charge in [0, 0.05) is 0 Å². The van der Waals surface area contributed by atoms with Crippen molar-refractivity contribution < 1.29 is 9.16 Å². The van der Waals surface area contributed by atoms with Crippen molar-refractivity contribution in [3.8, 4) is 0 Å². The van der Waals surface area contributed by atoms with Gasteiger partial charge in [-0.1, -0.05) is 27.4 Å². The summed E-state index contributed by atoms with van der Waals surface area (Å²) in [6, 6.07) is 0.